The van der Waals surface area contributed by atoms with Crippen molar-refractivity contribution in [2.45, 2.75) is 45.4 Å². The molecule has 0 bridgehead atoms. The van der Waals surface area contributed by atoms with Crippen molar-refractivity contribution in [1.29, 1.82) is 0 Å². The molecule has 0 radical (unpaired) electrons. The summed E-state index contributed by atoms with van der Waals surface area (Å²) in [5.74, 6) is 3.10. The van der Waals surface area contributed by atoms with E-state index >= 15 is 0 Å². The number of imidazole rings is 1. The lowest BCUT2D eigenvalue weighted by molar-refractivity contribution is 0.263. The van der Waals surface area contributed by atoms with Gasteiger partial charge in [-0.1, -0.05) is 26.2 Å². The second-order valence-electron chi connectivity index (χ2n) is 5.70. The first kappa shape index (κ1) is 13.6. The SMILES string of the molecule is CCC1CCC(CNCCc2nccn2C)CC1. The van der Waals surface area contributed by atoms with E-state index in [1.165, 1.54) is 44.5 Å². The normalized spacial score (nSPS) is 24.3. The Kier molecular flexibility index (Phi) is 5.24. The van der Waals surface area contributed by atoms with Crippen molar-refractivity contribution < 1.29 is 0 Å². The maximum Gasteiger partial charge on any atom is 0.109 e. The molecule has 0 spiro atoms. The molecule has 3 heteroatoms. The molecule has 0 amide bonds. The number of hydrogen-bond donors (Lipinski definition) is 1. The molecule has 0 unspecified atom stereocenters. The van der Waals surface area contributed by atoms with Crippen molar-refractivity contribution in [2.75, 3.05) is 13.1 Å². The van der Waals surface area contributed by atoms with Crippen molar-refractivity contribution in [3.63, 3.8) is 0 Å². The minimum Gasteiger partial charge on any atom is -0.338 e. The largest absolute Gasteiger partial charge is 0.338 e. The summed E-state index contributed by atoms with van der Waals surface area (Å²) in [6.07, 6.45) is 12.0. The van der Waals surface area contributed by atoms with Gasteiger partial charge in [0, 0.05) is 32.4 Å². The third-order valence-corrected chi connectivity index (χ3v) is 4.42. The Hall–Kier alpha value is -0.830. The van der Waals surface area contributed by atoms with Crippen LogP contribution >= 0.6 is 0 Å². The van der Waals surface area contributed by atoms with Crippen LogP contribution < -0.4 is 5.32 Å². The van der Waals surface area contributed by atoms with Gasteiger partial charge in [-0.05, 0) is 31.2 Å². The number of rotatable bonds is 6. The summed E-state index contributed by atoms with van der Waals surface area (Å²) in [7, 11) is 2.06. The predicted molar refractivity (Wildman–Crippen MR) is 75.5 cm³/mol. The lowest BCUT2D eigenvalue weighted by atomic mass is 9.81. The Morgan fingerprint density at radius 2 is 2.00 bits per heavy atom. The average Bonchev–Trinajstić information content (AvgIpc) is 2.81. The van der Waals surface area contributed by atoms with Crippen LogP contribution in [0.5, 0.6) is 0 Å². The molecular weight excluding hydrogens is 222 g/mol. The fourth-order valence-electron chi connectivity index (χ4n) is 2.99. The first-order valence-electron chi connectivity index (χ1n) is 7.46. The maximum absolute atomic E-state index is 4.34. The second-order valence-corrected chi connectivity index (χ2v) is 5.70. The number of aromatic nitrogens is 2. The van der Waals surface area contributed by atoms with Crippen LogP contribution in [0.4, 0.5) is 0 Å². The fourth-order valence-corrected chi connectivity index (χ4v) is 2.99. The molecule has 1 aromatic rings. The molecule has 1 aliphatic rings. The Balaban J connectivity index is 1.58. The highest BCUT2D eigenvalue weighted by molar-refractivity contribution is 4.91. The van der Waals surface area contributed by atoms with Crippen LogP contribution in [0.1, 0.15) is 44.9 Å². The summed E-state index contributed by atoms with van der Waals surface area (Å²) in [6.45, 7) is 4.58. The quantitative estimate of drug-likeness (QED) is 0.786. The molecule has 3 nitrogen and oxygen atoms in total. The van der Waals surface area contributed by atoms with E-state index in [-0.39, 0.29) is 0 Å². The molecule has 1 N–H and O–H groups in total. The lowest BCUT2D eigenvalue weighted by Crippen LogP contribution is -2.28. The topological polar surface area (TPSA) is 29.9 Å². The van der Waals surface area contributed by atoms with E-state index in [1.54, 1.807) is 0 Å². The Morgan fingerprint density at radius 3 is 2.61 bits per heavy atom. The van der Waals surface area contributed by atoms with Crippen LogP contribution in [0.25, 0.3) is 0 Å². The van der Waals surface area contributed by atoms with Gasteiger partial charge in [-0.15, -0.1) is 0 Å². The van der Waals surface area contributed by atoms with Gasteiger partial charge in [-0.2, -0.15) is 0 Å². The van der Waals surface area contributed by atoms with Crippen LogP contribution in [-0.4, -0.2) is 22.6 Å². The molecule has 1 heterocycles. The first-order chi connectivity index (χ1) is 8.79. The second kappa shape index (κ2) is 6.93. The zero-order valence-corrected chi connectivity index (χ0v) is 11.9. The van der Waals surface area contributed by atoms with Crippen LogP contribution in [0.2, 0.25) is 0 Å². The van der Waals surface area contributed by atoms with Crippen LogP contribution in [0.15, 0.2) is 12.4 Å². The van der Waals surface area contributed by atoms with Crippen molar-refractivity contribution in [3.8, 4) is 0 Å². The van der Waals surface area contributed by atoms with Gasteiger partial charge in [0.1, 0.15) is 5.82 Å². The molecule has 0 aliphatic heterocycles. The highest BCUT2D eigenvalue weighted by Crippen LogP contribution is 2.29. The van der Waals surface area contributed by atoms with Crippen LogP contribution in [0, 0.1) is 11.8 Å². The van der Waals surface area contributed by atoms with E-state index in [0.29, 0.717) is 0 Å². The third kappa shape index (κ3) is 3.84. The van der Waals surface area contributed by atoms with Gasteiger partial charge >= 0.3 is 0 Å². The zero-order valence-electron chi connectivity index (χ0n) is 11.9. The summed E-state index contributed by atoms with van der Waals surface area (Å²) in [6, 6.07) is 0. The molecule has 0 saturated heterocycles. The fraction of sp³-hybridized carbons (Fsp3) is 0.800. The van der Waals surface area contributed by atoms with E-state index in [2.05, 4.69) is 28.8 Å². The molecule has 102 valence electrons. The smallest absolute Gasteiger partial charge is 0.109 e. The standard InChI is InChI=1S/C15H27N3/c1-3-13-4-6-14(7-5-13)12-16-9-8-15-17-10-11-18(15)2/h10-11,13-14,16H,3-9,12H2,1-2H3. The zero-order chi connectivity index (χ0) is 12.8. The first-order valence-corrected chi connectivity index (χ1v) is 7.46. The lowest BCUT2D eigenvalue weighted by Gasteiger charge is -2.27. The molecule has 1 aromatic heterocycles. The molecule has 0 atom stereocenters. The van der Waals surface area contributed by atoms with Crippen LogP contribution in [0.3, 0.4) is 0 Å². The van der Waals surface area contributed by atoms with E-state index in [4.69, 9.17) is 0 Å². The average molecular weight is 249 g/mol. The molecule has 1 aliphatic carbocycles. The summed E-state index contributed by atoms with van der Waals surface area (Å²) in [4.78, 5) is 4.34. The molecule has 2 rings (SSSR count). The highest BCUT2D eigenvalue weighted by Gasteiger charge is 2.19. The van der Waals surface area contributed by atoms with Gasteiger partial charge in [-0.25, -0.2) is 4.98 Å². The third-order valence-electron chi connectivity index (χ3n) is 4.42. The summed E-state index contributed by atoms with van der Waals surface area (Å²) in [5.41, 5.74) is 0. The summed E-state index contributed by atoms with van der Waals surface area (Å²) >= 11 is 0. The number of aryl methyl sites for hydroxylation is 1. The van der Waals surface area contributed by atoms with Crippen molar-refractivity contribution in [1.82, 2.24) is 14.9 Å². The van der Waals surface area contributed by atoms with Crippen molar-refractivity contribution in [3.05, 3.63) is 18.2 Å². The maximum atomic E-state index is 4.34. The van der Waals surface area contributed by atoms with E-state index in [0.717, 1.165) is 24.8 Å². The monoisotopic (exact) mass is 249 g/mol. The van der Waals surface area contributed by atoms with Gasteiger partial charge in [0.15, 0.2) is 0 Å². The Bertz CT molecular complexity index is 337. The predicted octanol–water partition coefficient (Wildman–Crippen LogP) is 2.77. The minimum atomic E-state index is 0.911. The van der Waals surface area contributed by atoms with Crippen molar-refractivity contribution >= 4 is 0 Å². The van der Waals surface area contributed by atoms with E-state index < -0.39 is 0 Å². The number of nitrogens with zero attached hydrogens (tertiary/aromatic N) is 2. The van der Waals surface area contributed by atoms with E-state index in [1.807, 2.05) is 12.4 Å². The molecule has 1 fully saturated rings. The van der Waals surface area contributed by atoms with Gasteiger partial charge in [0.25, 0.3) is 0 Å². The van der Waals surface area contributed by atoms with Gasteiger partial charge in [0.2, 0.25) is 0 Å². The van der Waals surface area contributed by atoms with Crippen LogP contribution in [-0.2, 0) is 13.5 Å². The highest BCUT2D eigenvalue weighted by atomic mass is 15.0. The number of hydrogen-bond acceptors (Lipinski definition) is 2. The Morgan fingerprint density at radius 1 is 1.28 bits per heavy atom. The molecule has 18 heavy (non-hydrogen) atoms. The van der Waals surface area contributed by atoms with Crippen molar-refractivity contribution in [2.24, 2.45) is 18.9 Å². The van der Waals surface area contributed by atoms with Gasteiger partial charge in [0.05, 0.1) is 0 Å². The van der Waals surface area contributed by atoms with E-state index in [9.17, 15) is 0 Å². The summed E-state index contributed by atoms with van der Waals surface area (Å²) < 4.78 is 2.11. The molecular formula is C15H27N3. The molecule has 1 saturated carbocycles. The number of nitrogens with one attached hydrogen (secondary N) is 1. The van der Waals surface area contributed by atoms with Gasteiger partial charge in [-0.3, -0.25) is 0 Å². The van der Waals surface area contributed by atoms with Gasteiger partial charge < -0.3 is 9.88 Å². The Labute approximate surface area is 111 Å². The minimum absolute atomic E-state index is 0.911. The summed E-state index contributed by atoms with van der Waals surface area (Å²) in [5, 5.41) is 3.60. The molecule has 0 aromatic carbocycles.